The van der Waals surface area contributed by atoms with Crippen molar-refractivity contribution in [1.82, 2.24) is 5.32 Å². The number of rotatable bonds is 10. The summed E-state index contributed by atoms with van der Waals surface area (Å²) in [5, 5.41) is 3.00. The fraction of sp³-hybridized carbons (Fsp3) is 0.290. The molecule has 1 atom stereocenters. The summed E-state index contributed by atoms with van der Waals surface area (Å²) in [6.07, 6.45) is 5.35. The Morgan fingerprint density at radius 2 is 1.60 bits per heavy atom. The minimum atomic E-state index is -0.501. The molecule has 0 radical (unpaired) electrons. The number of nitrogens with one attached hydrogen (secondary N) is 1. The first-order valence-electron chi connectivity index (χ1n) is 12.4. The van der Waals surface area contributed by atoms with Crippen LogP contribution < -0.4 is 10.1 Å². The molecule has 0 bridgehead atoms. The monoisotopic (exact) mass is 467 g/mol. The third-order valence-electron chi connectivity index (χ3n) is 6.71. The molecule has 0 saturated carbocycles. The van der Waals surface area contributed by atoms with Crippen molar-refractivity contribution in [2.24, 2.45) is 0 Å². The average molecular weight is 468 g/mol. The van der Waals surface area contributed by atoms with Crippen molar-refractivity contribution >= 4 is 17.8 Å². The van der Waals surface area contributed by atoms with Gasteiger partial charge in [0.2, 0.25) is 5.91 Å². The molecule has 0 heterocycles. The van der Waals surface area contributed by atoms with E-state index in [2.05, 4.69) is 36.5 Å². The molecule has 0 fully saturated rings. The van der Waals surface area contributed by atoms with Crippen molar-refractivity contribution in [2.45, 2.75) is 44.9 Å². The van der Waals surface area contributed by atoms with E-state index < -0.39 is 5.92 Å². The molecule has 4 rings (SSSR count). The van der Waals surface area contributed by atoms with Gasteiger partial charge in [0.05, 0.1) is 13.0 Å². The van der Waals surface area contributed by atoms with Crippen LogP contribution in [0.3, 0.4) is 0 Å². The Kier molecular flexibility index (Phi) is 8.15. The second-order valence-corrected chi connectivity index (χ2v) is 9.04. The highest BCUT2D eigenvalue weighted by Gasteiger charge is 2.31. The smallest absolute Gasteiger partial charge is 0.221 e. The fourth-order valence-corrected chi connectivity index (χ4v) is 4.60. The van der Waals surface area contributed by atoms with Crippen LogP contribution in [0.25, 0.3) is 6.08 Å². The zero-order valence-electron chi connectivity index (χ0n) is 20.6. The van der Waals surface area contributed by atoms with Gasteiger partial charge < -0.3 is 10.1 Å². The van der Waals surface area contributed by atoms with Crippen molar-refractivity contribution < 1.29 is 14.3 Å². The van der Waals surface area contributed by atoms with Crippen molar-refractivity contribution in [3.63, 3.8) is 0 Å². The molecule has 4 nitrogen and oxygen atoms in total. The summed E-state index contributed by atoms with van der Waals surface area (Å²) in [4.78, 5) is 26.4. The molecule has 3 aromatic carbocycles. The molecule has 1 aliphatic rings. The van der Waals surface area contributed by atoms with Crippen molar-refractivity contribution in [3.8, 4) is 5.75 Å². The van der Waals surface area contributed by atoms with E-state index in [1.54, 1.807) is 7.11 Å². The lowest BCUT2D eigenvalue weighted by molar-refractivity contribution is -0.125. The van der Waals surface area contributed by atoms with Crippen LogP contribution in [0.4, 0.5) is 0 Å². The Hall–Kier alpha value is -3.66. The Balaban J connectivity index is 1.46. The van der Waals surface area contributed by atoms with E-state index in [-0.39, 0.29) is 18.1 Å². The van der Waals surface area contributed by atoms with Crippen molar-refractivity contribution in [3.05, 3.63) is 106 Å². The van der Waals surface area contributed by atoms with Gasteiger partial charge in [0.25, 0.3) is 0 Å². The minimum absolute atomic E-state index is 0.0362. The zero-order valence-corrected chi connectivity index (χ0v) is 20.6. The van der Waals surface area contributed by atoms with Crippen LogP contribution in [0.2, 0.25) is 0 Å². The normalized spacial score (nSPS) is 14.7. The van der Waals surface area contributed by atoms with E-state index in [9.17, 15) is 9.59 Å². The first-order valence-corrected chi connectivity index (χ1v) is 12.4. The van der Waals surface area contributed by atoms with Crippen molar-refractivity contribution in [1.29, 1.82) is 0 Å². The van der Waals surface area contributed by atoms with Gasteiger partial charge in [-0.15, -0.1) is 0 Å². The van der Waals surface area contributed by atoms with Gasteiger partial charge in [-0.3, -0.25) is 9.59 Å². The molecule has 0 saturated heterocycles. The van der Waals surface area contributed by atoms with Crippen LogP contribution in [0, 0.1) is 0 Å². The summed E-state index contributed by atoms with van der Waals surface area (Å²) in [6, 6.07) is 24.4. The number of ketones is 1. The van der Waals surface area contributed by atoms with Crippen LogP contribution in [0.15, 0.2) is 78.4 Å². The lowest BCUT2D eigenvalue weighted by Gasteiger charge is -2.25. The van der Waals surface area contributed by atoms with E-state index >= 15 is 0 Å². The molecular weight excluding hydrogens is 434 g/mol. The molecule has 1 N–H and O–H groups in total. The molecule has 0 spiro atoms. The first kappa shape index (κ1) is 24.5. The van der Waals surface area contributed by atoms with Crippen molar-refractivity contribution in [2.75, 3.05) is 13.7 Å². The number of fused-ring (bicyclic) bond motifs is 1. The van der Waals surface area contributed by atoms with Gasteiger partial charge >= 0.3 is 0 Å². The summed E-state index contributed by atoms with van der Waals surface area (Å²) in [7, 11) is 1.61. The number of Topliss-reactive ketones (excluding diaryl/α,β-unsaturated/α-hetero) is 1. The number of methoxy groups -OCH3 is 1. The maximum Gasteiger partial charge on any atom is 0.221 e. The highest BCUT2D eigenvalue weighted by atomic mass is 16.5. The van der Waals surface area contributed by atoms with Gasteiger partial charge in [-0.2, -0.15) is 0 Å². The highest BCUT2D eigenvalue weighted by molar-refractivity contribution is 6.08. The highest BCUT2D eigenvalue weighted by Crippen LogP contribution is 2.37. The molecule has 3 aromatic rings. The standard InChI is InChI=1S/C31H33NO3/c1-3-22-9-11-24(12-10-22)13-14-26-19-25-15-16-27(35-2)20-28(25)29(31(26)34)21-30(33)32-18-17-23-7-5-4-6-8-23/h4-12,15-16,19-20,29H,3,13-14,17-18,21H2,1-2H3,(H,32,33). The lowest BCUT2D eigenvalue weighted by Crippen LogP contribution is -2.30. The van der Waals surface area contributed by atoms with Crippen LogP contribution >= 0.6 is 0 Å². The van der Waals surface area contributed by atoms with Crippen LogP contribution in [0.5, 0.6) is 5.75 Å². The predicted octanol–water partition coefficient (Wildman–Crippen LogP) is 5.69. The maximum absolute atomic E-state index is 13.6. The summed E-state index contributed by atoms with van der Waals surface area (Å²) in [5.41, 5.74) is 6.33. The number of hydrogen-bond acceptors (Lipinski definition) is 3. The summed E-state index contributed by atoms with van der Waals surface area (Å²) in [5.74, 6) is 0.122. The number of aryl methyl sites for hydroxylation is 2. The number of ether oxygens (including phenoxy) is 1. The lowest BCUT2D eigenvalue weighted by atomic mass is 9.78. The quantitative estimate of drug-likeness (QED) is 0.417. The Labute approximate surface area is 208 Å². The molecule has 1 unspecified atom stereocenters. The van der Waals surface area contributed by atoms with Gasteiger partial charge in [0.1, 0.15) is 5.75 Å². The summed E-state index contributed by atoms with van der Waals surface area (Å²) >= 11 is 0. The SMILES string of the molecule is CCc1ccc(CCC2=Cc3ccc(OC)cc3C(CC(=O)NCCc3ccccc3)C2=O)cc1. The topological polar surface area (TPSA) is 55.4 Å². The largest absolute Gasteiger partial charge is 0.497 e. The van der Waals surface area contributed by atoms with E-state index in [4.69, 9.17) is 4.74 Å². The molecule has 180 valence electrons. The van der Waals surface area contributed by atoms with Crippen LogP contribution in [-0.2, 0) is 28.9 Å². The van der Waals surface area contributed by atoms with E-state index in [1.165, 1.54) is 16.7 Å². The van der Waals surface area contributed by atoms with Crippen LogP contribution in [-0.4, -0.2) is 25.3 Å². The first-order chi connectivity index (χ1) is 17.1. The summed E-state index contributed by atoms with van der Waals surface area (Å²) in [6.45, 7) is 2.69. The molecule has 0 aliphatic heterocycles. The predicted molar refractivity (Wildman–Crippen MR) is 141 cm³/mol. The minimum Gasteiger partial charge on any atom is -0.497 e. The third-order valence-corrected chi connectivity index (χ3v) is 6.71. The Bertz CT molecular complexity index is 1200. The zero-order chi connectivity index (χ0) is 24.6. The van der Waals surface area contributed by atoms with E-state index in [0.29, 0.717) is 18.7 Å². The fourth-order valence-electron chi connectivity index (χ4n) is 4.60. The average Bonchev–Trinajstić information content (AvgIpc) is 2.90. The third kappa shape index (κ3) is 6.27. The number of hydrogen-bond donors (Lipinski definition) is 1. The van der Waals surface area contributed by atoms with Gasteiger partial charge in [-0.05, 0) is 77.3 Å². The second-order valence-electron chi connectivity index (χ2n) is 9.04. The molecule has 1 aliphatic carbocycles. The Morgan fingerprint density at radius 1 is 0.886 bits per heavy atom. The molecule has 1 amide bonds. The van der Waals surface area contributed by atoms with Gasteiger partial charge in [0.15, 0.2) is 5.78 Å². The van der Waals surface area contributed by atoms with E-state index in [0.717, 1.165) is 36.0 Å². The number of amides is 1. The van der Waals surface area contributed by atoms with Gasteiger partial charge in [-0.1, -0.05) is 67.6 Å². The number of carbonyl (C=O) groups is 2. The summed E-state index contributed by atoms with van der Waals surface area (Å²) < 4.78 is 5.40. The van der Waals surface area contributed by atoms with Crippen LogP contribution in [0.1, 0.15) is 53.5 Å². The van der Waals surface area contributed by atoms with Gasteiger partial charge in [0, 0.05) is 13.0 Å². The Morgan fingerprint density at radius 3 is 2.31 bits per heavy atom. The van der Waals surface area contributed by atoms with Gasteiger partial charge in [-0.25, -0.2) is 0 Å². The van der Waals surface area contributed by atoms with E-state index in [1.807, 2.05) is 54.6 Å². The molecule has 0 aromatic heterocycles. The molecular formula is C31H33NO3. The second kappa shape index (κ2) is 11.7. The maximum atomic E-state index is 13.6. The number of benzene rings is 3. The molecule has 35 heavy (non-hydrogen) atoms. The number of allylic oxidation sites excluding steroid dienone is 1. The molecule has 4 heteroatoms. The number of carbonyl (C=O) groups excluding carboxylic acids is 2.